The van der Waals surface area contributed by atoms with Crippen LogP contribution in [-0.2, 0) is 0 Å². The van der Waals surface area contributed by atoms with Crippen molar-refractivity contribution in [3.63, 3.8) is 0 Å². The first-order valence-corrected chi connectivity index (χ1v) is 7.17. The van der Waals surface area contributed by atoms with Crippen LogP contribution in [0.15, 0.2) is 49.1 Å². The number of carbonyl (C=O) groups is 2. The normalized spacial score (nSPS) is 10.1. The topological polar surface area (TPSA) is 66.2 Å². The summed E-state index contributed by atoms with van der Waals surface area (Å²) in [6, 6.07) is 6.71. The molecule has 0 fully saturated rings. The van der Waals surface area contributed by atoms with Gasteiger partial charge in [0.15, 0.2) is 6.20 Å². The van der Waals surface area contributed by atoms with Crippen LogP contribution < -0.4 is 10.1 Å². The maximum absolute atomic E-state index is 12.3. The van der Waals surface area contributed by atoms with Crippen LogP contribution in [0.2, 0.25) is 0 Å². The molecule has 2 heterocycles. The highest BCUT2D eigenvalue weighted by Gasteiger charge is 2.17. The van der Waals surface area contributed by atoms with Gasteiger partial charge in [-0.05, 0) is 32.0 Å². The predicted molar refractivity (Wildman–Crippen MR) is 81.8 cm³/mol. The van der Waals surface area contributed by atoms with Gasteiger partial charge >= 0.3 is 5.91 Å². The first-order valence-electron chi connectivity index (χ1n) is 7.17. The standard InChI is InChI=1S/C16H18N4O2/c1-3-19(4-2)16(22)14-6-5-11-20(12-14)18-15(21)13-7-9-17-10-8-13/h5-12H,3-4H2,1-2H3/p+1. The summed E-state index contributed by atoms with van der Waals surface area (Å²) in [7, 11) is 0. The average molecular weight is 299 g/mol. The Morgan fingerprint density at radius 3 is 2.45 bits per heavy atom. The second-order valence-corrected chi connectivity index (χ2v) is 4.65. The van der Waals surface area contributed by atoms with E-state index in [1.807, 2.05) is 13.8 Å². The zero-order valence-electron chi connectivity index (χ0n) is 12.7. The molecule has 0 aliphatic heterocycles. The molecule has 2 aromatic heterocycles. The minimum absolute atomic E-state index is 0.0579. The number of hydrogen-bond acceptors (Lipinski definition) is 3. The summed E-state index contributed by atoms with van der Waals surface area (Å²) in [6.07, 6.45) is 6.40. The Morgan fingerprint density at radius 2 is 1.82 bits per heavy atom. The summed E-state index contributed by atoms with van der Waals surface area (Å²) in [4.78, 5) is 30.0. The Balaban J connectivity index is 2.15. The van der Waals surface area contributed by atoms with Gasteiger partial charge in [-0.3, -0.25) is 14.6 Å². The SMILES string of the molecule is CCN(CC)C(=O)c1ccc[n+](NC(=O)c2ccncc2)c1. The fourth-order valence-corrected chi connectivity index (χ4v) is 2.05. The number of carbonyl (C=O) groups excluding carboxylic acids is 2. The summed E-state index contributed by atoms with van der Waals surface area (Å²) >= 11 is 0. The summed E-state index contributed by atoms with van der Waals surface area (Å²) in [5, 5.41) is 0. The molecule has 22 heavy (non-hydrogen) atoms. The molecule has 0 saturated heterocycles. The second kappa shape index (κ2) is 7.31. The molecule has 0 bridgehead atoms. The van der Waals surface area contributed by atoms with Crippen molar-refractivity contribution < 1.29 is 14.3 Å². The molecular formula is C16H19N4O2+. The highest BCUT2D eigenvalue weighted by molar-refractivity contribution is 5.98. The Labute approximate surface area is 129 Å². The van der Waals surface area contributed by atoms with E-state index >= 15 is 0 Å². The van der Waals surface area contributed by atoms with Crippen molar-refractivity contribution in [2.24, 2.45) is 0 Å². The van der Waals surface area contributed by atoms with Gasteiger partial charge in [0.05, 0.1) is 0 Å². The van der Waals surface area contributed by atoms with Gasteiger partial charge in [-0.25, -0.2) is 0 Å². The molecule has 0 unspecified atom stereocenters. The van der Waals surface area contributed by atoms with Crippen LogP contribution in [0.1, 0.15) is 34.6 Å². The highest BCUT2D eigenvalue weighted by Crippen LogP contribution is 2.02. The van der Waals surface area contributed by atoms with Crippen LogP contribution in [-0.4, -0.2) is 34.8 Å². The van der Waals surface area contributed by atoms with Crippen molar-refractivity contribution in [2.75, 3.05) is 18.5 Å². The van der Waals surface area contributed by atoms with E-state index in [0.29, 0.717) is 24.2 Å². The molecule has 0 spiro atoms. The molecule has 2 aromatic rings. The van der Waals surface area contributed by atoms with Gasteiger partial charge < -0.3 is 4.90 Å². The van der Waals surface area contributed by atoms with Crippen LogP contribution in [0, 0.1) is 0 Å². The Morgan fingerprint density at radius 1 is 1.14 bits per heavy atom. The van der Waals surface area contributed by atoms with Crippen LogP contribution >= 0.6 is 0 Å². The van der Waals surface area contributed by atoms with Crippen LogP contribution in [0.3, 0.4) is 0 Å². The third-order valence-electron chi connectivity index (χ3n) is 3.27. The van der Waals surface area contributed by atoms with Gasteiger partial charge in [-0.15, -0.1) is 5.43 Å². The molecule has 6 nitrogen and oxygen atoms in total. The summed E-state index contributed by atoms with van der Waals surface area (Å²) in [5.74, 6) is -0.322. The maximum Gasteiger partial charge on any atom is 0.305 e. The third-order valence-corrected chi connectivity index (χ3v) is 3.27. The van der Waals surface area contributed by atoms with Gasteiger partial charge in [0.1, 0.15) is 5.56 Å². The molecule has 2 amide bonds. The third kappa shape index (κ3) is 3.66. The van der Waals surface area contributed by atoms with Crippen molar-refractivity contribution in [2.45, 2.75) is 13.8 Å². The molecule has 2 rings (SSSR count). The van der Waals surface area contributed by atoms with Crippen LogP contribution in [0.4, 0.5) is 0 Å². The minimum Gasteiger partial charge on any atom is -0.339 e. The van der Waals surface area contributed by atoms with Gasteiger partial charge in [0.2, 0.25) is 6.20 Å². The zero-order chi connectivity index (χ0) is 15.9. The zero-order valence-corrected chi connectivity index (χ0v) is 12.7. The maximum atomic E-state index is 12.3. The minimum atomic E-state index is -0.264. The Bertz CT molecular complexity index is 654. The molecule has 114 valence electrons. The molecule has 0 aliphatic carbocycles. The summed E-state index contributed by atoms with van der Waals surface area (Å²) in [6.45, 7) is 5.16. The number of nitrogens with zero attached hydrogens (tertiary/aromatic N) is 3. The highest BCUT2D eigenvalue weighted by atomic mass is 16.2. The second-order valence-electron chi connectivity index (χ2n) is 4.65. The number of aromatic nitrogens is 2. The molecular weight excluding hydrogens is 280 g/mol. The van der Waals surface area contributed by atoms with Crippen molar-refractivity contribution in [3.8, 4) is 0 Å². The average Bonchev–Trinajstić information content (AvgIpc) is 2.57. The van der Waals surface area contributed by atoms with Gasteiger partial charge in [0, 0.05) is 37.1 Å². The van der Waals surface area contributed by atoms with Crippen LogP contribution in [0.25, 0.3) is 0 Å². The first-order chi connectivity index (χ1) is 10.7. The van der Waals surface area contributed by atoms with Crippen LogP contribution in [0.5, 0.6) is 0 Å². The molecule has 1 N–H and O–H groups in total. The first kappa shape index (κ1) is 15.6. The van der Waals surface area contributed by atoms with Crippen molar-refractivity contribution in [1.29, 1.82) is 0 Å². The van der Waals surface area contributed by atoms with Crippen molar-refractivity contribution >= 4 is 11.8 Å². The predicted octanol–water partition coefficient (Wildman–Crippen LogP) is 1.23. The lowest BCUT2D eigenvalue weighted by Crippen LogP contribution is -2.48. The molecule has 0 aromatic carbocycles. The van der Waals surface area contributed by atoms with Gasteiger partial charge in [-0.2, -0.15) is 0 Å². The van der Waals surface area contributed by atoms with E-state index in [1.165, 1.54) is 4.68 Å². The summed E-state index contributed by atoms with van der Waals surface area (Å²) in [5.41, 5.74) is 3.74. The fraction of sp³-hybridized carbons (Fsp3) is 0.250. The molecule has 0 atom stereocenters. The van der Waals surface area contributed by atoms with Gasteiger partial charge in [-0.1, -0.05) is 4.68 Å². The van der Waals surface area contributed by atoms with E-state index in [4.69, 9.17) is 0 Å². The summed E-state index contributed by atoms with van der Waals surface area (Å²) < 4.78 is 1.49. The van der Waals surface area contributed by atoms with Crippen molar-refractivity contribution in [1.82, 2.24) is 9.88 Å². The van der Waals surface area contributed by atoms with E-state index in [2.05, 4.69) is 10.4 Å². The lowest BCUT2D eigenvalue weighted by molar-refractivity contribution is -0.641. The Kier molecular flexibility index (Phi) is 5.19. The number of nitrogens with one attached hydrogen (secondary N) is 1. The van der Waals surface area contributed by atoms with Gasteiger partial charge in [0.25, 0.3) is 5.91 Å². The van der Waals surface area contributed by atoms with E-state index in [0.717, 1.165) is 0 Å². The Hall–Kier alpha value is -2.76. The quantitative estimate of drug-likeness (QED) is 0.845. The molecule has 0 saturated carbocycles. The monoisotopic (exact) mass is 299 g/mol. The molecule has 0 radical (unpaired) electrons. The number of hydrogen-bond donors (Lipinski definition) is 1. The number of pyridine rings is 2. The van der Waals surface area contributed by atoms with E-state index in [-0.39, 0.29) is 11.8 Å². The molecule has 6 heteroatoms. The lowest BCUT2D eigenvalue weighted by atomic mass is 10.2. The van der Waals surface area contributed by atoms with E-state index in [9.17, 15) is 9.59 Å². The fourth-order valence-electron chi connectivity index (χ4n) is 2.05. The van der Waals surface area contributed by atoms with E-state index < -0.39 is 0 Å². The smallest absolute Gasteiger partial charge is 0.305 e. The van der Waals surface area contributed by atoms with E-state index in [1.54, 1.807) is 54.0 Å². The molecule has 0 aliphatic rings. The van der Waals surface area contributed by atoms with Crippen molar-refractivity contribution in [3.05, 3.63) is 60.2 Å². The lowest BCUT2D eigenvalue weighted by Gasteiger charge is -2.17. The number of amides is 2. The number of rotatable bonds is 5. The largest absolute Gasteiger partial charge is 0.339 e.